The third-order valence-electron chi connectivity index (χ3n) is 5.04. The maximum atomic E-state index is 12.7. The fraction of sp³-hybridized carbons (Fsp3) is 0.286. The van der Waals surface area contributed by atoms with E-state index in [1.807, 2.05) is 32.3 Å². The predicted molar refractivity (Wildman–Crippen MR) is 103 cm³/mol. The van der Waals surface area contributed by atoms with E-state index in [-0.39, 0.29) is 5.75 Å². The van der Waals surface area contributed by atoms with Crippen molar-refractivity contribution < 1.29 is 17.9 Å². The van der Waals surface area contributed by atoms with Gasteiger partial charge >= 0.3 is 6.36 Å². The van der Waals surface area contributed by atoms with Crippen LogP contribution in [0.3, 0.4) is 0 Å². The van der Waals surface area contributed by atoms with Crippen LogP contribution in [0.1, 0.15) is 23.7 Å². The maximum absolute atomic E-state index is 12.7. The van der Waals surface area contributed by atoms with Crippen LogP contribution in [-0.2, 0) is 13.0 Å². The monoisotopic (exact) mass is 387 g/mol. The molecule has 7 heteroatoms. The number of hydrogen-bond acceptors (Lipinski definition) is 3. The van der Waals surface area contributed by atoms with E-state index in [2.05, 4.69) is 19.2 Å². The fourth-order valence-corrected chi connectivity index (χ4v) is 3.73. The minimum absolute atomic E-state index is 0.192. The van der Waals surface area contributed by atoms with Gasteiger partial charge in [0.1, 0.15) is 5.75 Å². The second-order valence-corrected chi connectivity index (χ2v) is 7.06. The first kappa shape index (κ1) is 18.6. The van der Waals surface area contributed by atoms with Crippen LogP contribution < -0.4 is 4.74 Å². The summed E-state index contributed by atoms with van der Waals surface area (Å²) in [5.74, 6) is -0.192. The van der Waals surface area contributed by atoms with Gasteiger partial charge < -0.3 is 14.2 Å². The Morgan fingerprint density at radius 1 is 1.18 bits per heavy atom. The van der Waals surface area contributed by atoms with Crippen LogP contribution in [0, 0.1) is 0 Å². The predicted octanol–water partition coefficient (Wildman–Crippen LogP) is 4.94. The van der Waals surface area contributed by atoms with Gasteiger partial charge in [-0.3, -0.25) is 4.98 Å². The molecule has 4 rings (SSSR count). The van der Waals surface area contributed by atoms with Gasteiger partial charge in [-0.2, -0.15) is 0 Å². The van der Waals surface area contributed by atoms with Crippen LogP contribution in [0.25, 0.3) is 22.7 Å². The van der Waals surface area contributed by atoms with Gasteiger partial charge in [-0.25, -0.2) is 0 Å². The molecule has 1 aliphatic rings. The molecule has 3 aromatic rings. The summed E-state index contributed by atoms with van der Waals surface area (Å²) >= 11 is 0. The van der Waals surface area contributed by atoms with Gasteiger partial charge in [0.2, 0.25) is 0 Å². The molecule has 0 fully saturated rings. The van der Waals surface area contributed by atoms with E-state index in [4.69, 9.17) is 0 Å². The minimum atomic E-state index is -4.70. The maximum Gasteiger partial charge on any atom is 0.573 e. The Balaban J connectivity index is 1.86. The van der Waals surface area contributed by atoms with Gasteiger partial charge in [0.25, 0.3) is 0 Å². The fourth-order valence-electron chi connectivity index (χ4n) is 3.73. The molecule has 0 N–H and O–H groups in total. The first-order valence-electron chi connectivity index (χ1n) is 9.00. The summed E-state index contributed by atoms with van der Waals surface area (Å²) in [6, 6.07) is 8.44. The van der Waals surface area contributed by atoms with Crippen LogP contribution in [0.2, 0.25) is 0 Å². The summed E-state index contributed by atoms with van der Waals surface area (Å²) < 4.78 is 44.2. The van der Waals surface area contributed by atoms with E-state index in [1.165, 1.54) is 12.1 Å². The molecule has 0 saturated carbocycles. The molecule has 146 valence electrons. The molecule has 0 bridgehead atoms. The van der Waals surface area contributed by atoms with Crippen LogP contribution in [0.5, 0.6) is 5.75 Å². The number of nitrogens with zero attached hydrogens (tertiary/aromatic N) is 3. The molecule has 0 aliphatic carbocycles. The van der Waals surface area contributed by atoms with Crippen molar-refractivity contribution in [1.29, 1.82) is 0 Å². The topological polar surface area (TPSA) is 30.3 Å². The van der Waals surface area contributed by atoms with E-state index >= 15 is 0 Å². The summed E-state index contributed by atoms with van der Waals surface area (Å²) in [5, 5.41) is 0.794. The van der Waals surface area contributed by atoms with Crippen LogP contribution in [0.4, 0.5) is 13.2 Å². The first-order chi connectivity index (χ1) is 13.3. The number of rotatable bonds is 3. The quantitative estimate of drug-likeness (QED) is 0.638. The second-order valence-electron chi connectivity index (χ2n) is 7.06. The van der Waals surface area contributed by atoms with Crippen LogP contribution >= 0.6 is 0 Å². The molecule has 2 aromatic heterocycles. The average molecular weight is 387 g/mol. The number of likely N-dealkylation sites (N-methyl/N-ethyl adjacent to an activating group) is 1. The third-order valence-corrected chi connectivity index (χ3v) is 5.04. The summed E-state index contributed by atoms with van der Waals surface area (Å²) in [7, 11) is 2.01. The molecule has 0 spiro atoms. The van der Waals surface area contributed by atoms with Gasteiger partial charge in [-0.1, -0.05) is 0 Å². The number of fused-ring (bicyclic) bond motifs is 3. The van der Waals surface area contributed by atoms with Gasteiger partial charge in [-0.15, -0.1) is 13.2 Å². The lowest BCUT2D eigenvalue weighted by Crippen LogP contribution is -2.26. The summed E-state index contributed by atoms with van der Waals surface area (Å²) in [6.07, 6.45) is 1.66. The molecule has 1 aliphatic heterocycles. The Labute approximate surface area is 160 Å². The zero-order chi connectivity index (χ0) is 19.9. The Morgan fingerprint density at radius 2 is 1.93 bits per heavy atom. The van der Waals surface area contributed by atoms with Crippen LogP contribution in [-0.4, -0.2) is 34.4 Å². The van der Waals surface area contributed by atoms with Crippen molar-refractivity contribution in [2.45, 2.75) is 26.3 Å². The van der Waals surface area contributed by atoms with Crippen molar-refractivity contribution in [3.8, 4) is 5.75 Å². The number of aromatic nitrogens is 2. The zero-order valence-corrected chi connectivity index (χ0v) is 15.6. The highest BCUT2D eigenvalue weighted by Crippen LogP contribution is 2.35. The van der Waals surface area contributed by atoms with Crippen molar-refractivity contribution in [2.24, 2.45) is 0 Å². The van der Waals surface area contributed by atoms with Crippen molar-refractivity contribution >= 4 is 22.7 Å². The van der Waals surface area contributed by atoms with Crippen molar-refractivity contribution in [3.63, 3.8) is 0 Å². The molecule has 4 nitrogen and oxygen atoms in total. The molecular weight excluding hydrogens is 367 g/mol. The normalized spacial score (nSPS) is 15.7. The molecule has 0 radical (unpaired) electrons. The number of pyridine rings is 1. The third kappa shape index (κ3) is 3.62. The molecule has 0 saturated heterocycles. The lowest BCUT2D eigenvalue weighted by Gasteiger charge is -2.23. The van der Waals surface area contributed by atoms with Crippen LogP contribution in [0.15, 0.2) is 42.7 Å². The number of allylic oxidation sites excluding steroid dienone is 1. The number of alkyl halides is 3. The molecular formula is C21H20F3N3O. The second kappa shape index (κ2) is 6.98. The first-order valence-corrected chi connectivity index (χ1v) is 9.00. The number of hydrogen-bond donors (Lipinski definition) is 0. The number of benzene rings is 1. The Bertz CT molecular complexity index is 1040. The van der Waals surface area contributed by atoms with E-state index < -0.39 is 6.36 Å². The summed E-state index contributed by atoms with van der Waals surface area (Å²) in [4.78, 5) is 6.22. The van der Waals surface area contributed by atoms with E-state index in [1.54, 1.807) is 18.5 Å². The number of halogens is 3. The largest absolute Gasteiger partial charge is 0.573 e. The standard InChI is InChI=1S/C21H20F3N3O/c1-14(15-5-8-25-9-6-15)12-27-19-4-3-16(28-21(22,23)24)11-17(19)18-13-26(2)10-7-20(18)27/h3-6,8-9,11-12H,7,10,13H2,1-2H3/b14-12+. The van der Waals surface area contributed by atoms with Crippen molar-refractivity contribution in [2.75, 3.05) is 13.6 Å². The summed E-state index contributed by atoms with van der Waals surface area (Å²) in [6.45, 7) is 3.61. The Kier molecular flexibility index (Phi) is 4.63. The van der Waals surface area contributed by atoms with Gasteiger partial charge in [0.15, 0.2) is 0 Å². The van der Waals surface area contributed by atoms with E-state index in [0.717, 1.165) is 46.3 Å². The van der Waals surface area contributed by atoms with E-state index in [9.17, 15) is 13.2 Å². The SMILES string of the molecule is C/C(=C\n1c2c(c3cc(OC(F)(F)F)ccc31)CN(C)CC2)c1ccncc1. The summed E-state index contributed by atoms with van der Waals surface area (Å²) in [5.41, 5.74) is 5.16. The van der Waals surface area contributed by atoms with Crippen molar-refractivity contribution in [3.05, 3.63) is 59.5 Å². The Hall–Kier alpha value is -2.80. The molecule has 0 atom stereocenters. The lowest BCUT2D eigenvalue weighted by molar-refractivity contribution is -0.274. The van der Waals surface area contributed by atoms with E-state index in [0.29, 0.717) is 6.54 Å². The zero-order valence-electron chi connectivity index (χ0n) is 15.6. The van der Waals surface area contributed by atoms with Gasteiger partial charge in [0, 0.05) is 49.2 Å². The Morgan fingerprint density at radius 3 is 2.64 bits per heavy atom. The highest BCUT2D eigenvalue weighted by molar-refractivity contribution is 5.91. The van der Waals surface area contributed by atoms with Gasteiger partial charge in [0.05, 0.1) is 5.52 Å². The van der Waals surface area contributed by atoms with Gasteiger partial charge in [-0.05, 0) is 61.0 Å². The molecule has 1 aromatic carbocycles. The number of ether oxygens (including phenoxy) is 1. The van der Waals surface area contributed by atoms with Crippen molar-refractivity contribution in [1.82, 2.24) is 14.5 Å². The highest BCUT2D eigenvalue weighted by atomic mass is 19.4. The average Bonchev–Trinajstić information content (AvgIpc) is 2.94. The highest BCUT2D eigenvalue weighted by Gasteiger charge is 2.31. The molecule has 3 heterocycles. The minimum Gasteiger partial charge on any atom is -0.406 e. The molecule has 0 amide bonds. The molecule has 28 heavy (non-hydrogen) atoms. The smallest absolute Gasteiger partial charge is 0.406 e. The lowest BCUT2D eigenvalue weighted by atomic mass is 10.0. The molecule has 0 unspecified atom stereocenters.